The van der Waals surface area contributed by atoms with Crippen LogP contribution in [0.15, 0.2) is 24.3 Å². The first-order valence-corrected chi connectivity index (χ1v) is 39.1. The van der Waals surface area contributed by atoms with Gasteiger partial charge in [0, 0.05) is 25.7 Å². The Morgan fingerprint density at radius 3 is 0.820 bits per heavy atom. The largest absolute Gasteiger partial charge is 0.472 e. The van der Waals surface area contributed by atoms with Gasteiger partial charge in [0.15, 0.2) is 12.2 Å². The molecule has 17 nitrogen and oxygen atoms in total. The van der Waals surface area contributed by atoms with Gasteiger partial charge in [0.2, 0.25) is 0 Å². The number of ether oxygens (including phenoxy) is 4. The van der Waals surface area contributed by atoms with Crippen LogP contribution < -0.4 is 0 Å². The van der Waals surface area contributed by atoms with Crippen molar-refractivity contribution in [3.63, 3.8) is 0 Å². The Bertz CT molecular complexity index is 1800. The van der Waals surface area contributed by atoms with Crippen molar-refractivity contribution in [2.24, 2.45) is 0 Å². The number of aliphatic hydroxyl groups excluding tert-OH is 1. The Kier molecular flexibility index (Phi) is 62.5. The van der Waals surface area contributed by atoms with E-state index in [2.05, 4.69) is 52.0 Å². The van der Waals surface area contributed by atoms with Crippen molar-refractivity contribution in [3.8, 4) is 0 Å². The number of carbonyl (C=O) groups is 4. The molecule has 0 heterocycles. The summed E-state index contributed by atoms with van der Waals surface area (Å²) in [5.41, 5.74) is 0. The van der Waals surface area contributed by atoms with Crippen molar-refractivity contribution in [2.75, 3.05) is 39.6 Å². The molecule has 0 saturated carbocycles. The first-order valence-electron chi connectivity index (χ1n) is 36.1. The molecule has 0 aliphatic rings. The molecule has 2 unspecified atom stereocenters. The summed E-state index contributed by atoms with van der Waals surface area (Å²) in [5, 5.41) is 10.6. The summed E-state index contributed by atoms with van der Waals surface area (Å²) >= 11 is 0. The van der Waals surface area contributed by atoms with Crippen LogP contribution in [0.1, 0.15) is 342 Å². The molecule has 89 heavy (non-hydrogen) atoms. The van der Waals surface area contributed by atoms with E-state index < -0.39 is 97.5 Å². The van der Waals surface area contributed by atoms with E-state index in [1.54, 1.807) is 0 Å². The first-order chi connectivity index (χ1) is 43.2. The van der Waals surface area contributed by atoms with E-state index in [-0.39, 0.29) is 25.7 Å². The van der Waals surface area contributed by atoms with E-state index in [4.69, 9.17) is 37.0 Å². The van der Waals surface area contributed by atoms with Gasteiger partial charge < -0.3 is 33.8 Å². The molecule has 524 valence electrons. The van der Waals surface area contributed by atoms with Gasteiger partial charge in [0.25, 0.3) is 0 Å². The Morgan fingerprint density at radius 2 is 0.539 bits per heavy atom. The van der Waals surface area contributed by atoms with Crippen LogP contribution in [0, 0.1) is 0 Å². The van der Waals surface area contributed by atoms with Crippen molar-refractivity contribution in [3.05, 3.63) is 24.3 Å². The molecule has 0 aromatic heterocycles. The van der Waals surface area contributed by atoms with Gasteiger partial charge >= 0.3 is 39.5 Å². The second kappa shape index (κ2) is 64.3. The lowest BCUT2D eigenvalue weighted by Gasteiger charge is -2.21. The van der Waals surface area contributed by atoms with Gasteiger partial charge in [-0.15, -0.1) is 0 Å². The van der Waals surface area contributed by atoms with Crippen molar-refractivity contribution in [2.45, 2.75) is 361 Å². The molecule has 0 saturated heterocycles. The predicted molar refractivity (Wildman–Crippen MR) is 358 cm³/mol. The Hall–Kier alpha value is -2.46. The molecule has 0 rings (SSSR count). The third-order valence-electron chi connectivity index (χ3n) is 15.7. The van der Waals surface area contributed by atoms with Gasteiger partial charge in [-0.1, -0.05) is 290 Å². The van der Waals surface area contributed by atoms with Crippen molar-refractivity contribution >= 4 is 39.5 Å². The lowest BCUT2D eigenvalue weighted by atomic mass is 10.0. The number of allylic oxidation sites excluding steroid dienone is 4. The fraction of sp³-hybridized carbons (Fsp3) is 0.886. The lowest BCUT2D eigenvalue weighted by Crippen LogP contribution is -2.30. The number of phosphoric ester groups is 2. The number of carbonyl (C=O) groups excluding carboxylic acids is 4. The Morgan fingerprint density at radius 1 is 0.315 bits per heavy atom. The van der Waals surface area contributed by atoms with Gasteiger partial charge in [0.05, 0.1) is 26.4 Å². The number of rotatable bonds is 69. The summed E-state index contributed by atoms with van der Waals surface area (Å²) in [7, 11) is -9.90. The van der Waals surface area contributed by atoms with Crippen LogP contribution in [0.5, 0.6) is 0 Å². The molecular formula is C70H132O17P2. The highest BCUT2D eigenvalue weighted by Gasteiger charge is 2.30. The highest BCUT2D eigenvalue weighted by Crippen LogP contribution is 2.45. The van der Waals surface area contributed by atoms with Crippen molar-refractivity contribution in [1.29, 1.82) is 0 Å². The zero-order valence-electron chi connectivity index (χ0n) is 56.9. The van der Waals surface area contributed by atoms with Crippen LogP contribution in [-0.4, -0.2) is 96.7 Å². The predicted octanol–water partition coefficient (Wildman–Crippen LogP) is 19.8. The summed E-state index contributed by atoms with van der Waals surface area (Å²) in [4.78, 5) is 72.4. The zero-order valence-corrected chi connectivity index (χ0v) is 58.7. The van der Waals surface area contributed by atoms with Crippen LogP contribution in [0.4, 0.5) is 0 Å². The van der Waals surface area contributed by atoms with Crippen LogP contribution in [0.25, 0.3) is 0 Å². The van der Waals surface area contributed by atoms with E-state index in [0.717, 1.165) is 116 Å². The molecule has 0 aromatic carbocycles. The van der Waals surface area contributed by atoms with Gasteiger partial charge in [0.1, 0.15) is 19.3 Å². The van der Waals surface area contributed by atoms with Crippen molar-refractivity contribution < 1.29 is 80.2 Å². The molecule has 0 amide bonds. The minimum atomic E-state index is -4.96. The van der Waals surface area contributed by atoms with E-state index in [1.165, 1.54) is 148 Å². The summed E-state index contributed by atoms with van der Waals surface area (Å²) in [6, 6.07) is 0. The summed E-state index contributed by atoms with van der Waals surface area (Å²) < 4.78 is 68.1. The minimum absolute atomic E-state index is 0.0859. The quantitative estimate of drug-likeness (QED) is 0.0169. The third kappa shape index (κ3) is 64.1. The molecule has 3 N–H and O–H groups in total. The minimum Gasteiger partial charge on any atom is -0.462 e. The molecule has 0 radical (unpaired) electrons. The smallest absolute Gasteiger partial charge is 0.462 e. The standard InChI is InChI=1S/C70H132O17P2/c1-5-9-13-17-21-24-27-30-32-34-37-39-43-47-51-55-68(73)81-61-66(87-70(75)57-53-49-45-41-38-35-33-31-28-25-22-18-14-10-6-2)63-85-89(78,79)83-59-64(71)58-82-88(76,77)84-62-65(60-80-67(72)54-50-46-42-20-16-12-8-4)86-69(74)56-52-48-44-40-36-29-26-23-19-15-11-7-3/h25,28,31,33,64-66,71H,5-24,26-27,29-30,32,34-63H2,1-4H3,(H,76,77)(H,78,79)/b28-25-,33-31-/t64-,65+,66+/m0/s1. The van der Waals surface area contributed by atoms with Crippen molar-refractivity contribution in [1.82, 2.24) is 0 Å². The monoisotopic (exact) mass is 1310 g/mol. The SMILES string of the molecule is CCCCCC/C=C\C=C/CCCCCCCC(=O)O[C@H](COC(=O)CCCCCCCCCCCCCCCCC)COP(=O)(O)OC[C@@H](O)COP(=O)(O)OC[C@@H](COC(=O)CCCCCCCCC)OC(=O)CCCCCCCCCCCCCC. The molecule has 0 bridgehead atoms. The summed E-state index contributed by atoms with van der Waals surface area (Å²) in [6.07, 6.45) is 54.9. The zero-order chi connectivity index (χ0) is 65.4. The maximum absolute atomic E-state index is 13.0. The number of hydrogen-bond donors (Lipinski definition) is 3. The molecule has 19 heteroatoms. The number of phosphoric acid groups is 2. The maximum atomic E-state index is 13.0. The van der Waals surface area contributed by atoms with E-state index in [9.17, 15) is 43.2 Å². The van der Waals surface area contributed by atoms with Crippen LogP contribution in [0.2, 0.25) is 0 Å². The van der Waals surface area contributed by atoms with Crippen LogP contribution in [-0.2, 0) is 65.4 Å². The summed E-state index contributed by atoms with van der Waals surface area (Å²) in [5.74, 6) is -2.16. The van der Waals surface area contributed by atoms with E-state index in [1.807, 2.05) is 0 Å². The second-order valence-corrected chi connectivity index (χ2v) is 27.5. The fourth-order valence-electron chi connectivity index (χ4n) is 10.2. The fourth-order valence-corrected chi connectivity index (χ4v) is 11.7. The highest BCUT2D eigenvalue weighted by atomic mass is 31.2. The molecule has 0 aliphatic carbocycles. The van der Waals surface area contributed by atoms with Gasteiger partial charge in [-0.05, 0) is 51.4 Å². The lowest BCUT2D eigenvalue weighted by molar-refractivity contribution is -0.161. The average Bonchev–Trinajstić information content (AvgIpc) is 3.70. The number of aliphatic hydroxyl groups is 1. The van der Waals surface area contributed by atoms with Crippen LogP contribution >= 0.6 is 15.6 Å². The average molecular weight is 1310 g/mol. The van der Waals surface area contributed by atoms with E-state index in [0.29, 0.717) is 25.7 Å². The molecule has 5 atom stereocenters. The molecule has 0 spiro atoms. The second-order valence-electron chi connectivity index (χ2n) is 24.6. The normalized spacial score (nSPS) is 14.2. The summed E-state index contributed by atoms with van der Waals surface area (Å²) in [6.45, 7) is 4.84. The van der Waals surface area contributed by atoms with Crippen LogP contribution in [0.3, 0.4) is 0 Å². The van der Waals surface area contributed by atoms with Gasteiger partial charge in [-0.25, -0.2) is 9.13 Å². The topological polar surface area (TPSA) is 237 Å². The Balaban J connectivity index is 5.24. The molecule has 0 aliphatic heterocycles. The number of esters is 4. The Labute approximate surface area is 542 Å². The highest BCUT2D eigenvalue weighted by molar-refractivity contribution is 7.47. The van der Waals surface area contributed by atoms with Gasteiger partial charge in [-0.3, -0.25) is 37.3 Å². The number of hydrogen-bond acceptors (Lipinski definition) is 15. The molecular weight excluding hydrogens is 1170 g/mol. The van der Waals surface area contributed by atoms with E-state index >= 15 is 0 Å². The molecule has 0 aromatic rings. The molecule has 0 fully saturated rings. The maximum Gasteiger partial charge on any atom is 0.472 e. The third-order valence-corrected chi connectivity index (χ3v) is 17.6. The first kappa shape index (κ1) is 86.5. The van der Waals surface area contributed by atoms with Gasteiger partial charge in [-0.2, -0.15) is 0 Å². The number of unbranched alkanes of at least 4 members (excludes halogenated alkanes) is 40.